The fourth-order valence-electron chi connectivity index (χ4n) is 4.57. The van der Waals surface area contributed by atoms with Crippen LogP contribution in [0.3, 0.4) is 0 Å². The fourth-order valence-corrected chi connectivity index (χ4v) is 5.49. The molecule has 11 heteroatoms. The van der Waals surface area contributed by atoms with Gasteiger partial charge in [-0.3, -0.25) is 14.6 Å². The van der Waals surface area contributed by atoms with Crippen LogP contribution in [0.2, 0.25) is 0 Å². The van der Waals surface area contributed by atoms with E-state index in [1.54, 1.807) is 39.9 Å². The average molecular weight is 622 g/mol. The summed E-state index contributed by atoms with van der Waals surface area (Å²) in [6.45, 7) is 6.86. The van der Waals surface area contributed by atoms with Gasteiger partial charge in [0, 0.05) is 37.1 Å². The Labute approximate surface area is 260 Å². The molecule has 0 saturated carbocycles. The summed E-state index contributed by atoms with van der Waals surface area (Å²) in [5.74, 6) is -0.00387. The highest BCUT2D eigenvalue weighted by atomic mass is 32.2. The Hall–Kier alpha value is -4.09. The number of carbonyl (C=O) groups is 1. The average Bonchev–Trinajstić information content (AvgIpc) is 3.05. The van der Waals surface area contributed by atoms with E-state index >= 15 is 0 Å². The number of amides is 1. The summed E-state index contributed by atoms with van der Waals surface area (Å²) in [5, 5.41) is 0.363. The molecule has 232 valence electrons. The molecule has 0 N–H and O–H groups in total. The van der Waals surface area contributed by atoms with Gasteiger partial charge in [-0.15, -0.1) is 0 Å². The molecular weight excluding hydrogens is 584 g/mol. The molecule has 0 radical (unpaired) electrons. The number of methoxy groups -OCH3 is 1. The first-order chi connectivity index (χ1) is 21.3. The number of benzene rings is 2. The number of ether oxygens (including phenoxy) is 1. The third-order valence-corrected chi connectivity index (χ3v) is 8.33. The Balaban J connectivity index is 1.55. The predicted octanol–water partition coefficient (Wildman–Crippen LogP) is 5.59. The fraction of sp³-hybridized carbons (Fsp3) is 0.333. The largest absolute Gasteiger partial charge is 0.490 e. The summed E-state index contributed by atoms with van der Waals surface area (Å²) >= 11 is 1.29. The summed E-state index contributed by atoms with van der Waals surface area (Å²) in [4.78, 5) is 39.2. The van der Waals surface area contributed by atoms with E-state index in [0.29, 0.717) is 36.1 Å². The molecule has 1 amide bonds. The van der Waals surface area contributed by atoms with Crippen LogP contribution in [0.25, 0.3) is 11.3 Å². The van der Waals surface area contributed by atoms with Crippen molar-refractivity contribution < 1.29 is 18.3 Å². The predicted molar refractivity (Wildman–Crippen MR) is 169 cm³/mol. The van der Waals surface area contributed by atoms with E-state index < -0.39 is 12.2 Å². The van der Waals surface area contributed by atoms with Crippen molar-refractivity contribution in [3.05, 3.63) is 106 Å². The van der Waals surface area contributed by atoms with Gasteiger partial charge in [0.1, 0.15) is 19.0 Å². The Morgan fingerprint density at radius 2 is 1.64 bits per heavy atom. The maximum absolute atomic E-state index is 13.8. The van der Waals surface area contributed by atoms with Crippen LogP contribution in [-0.4, -0.2) is 63.5 Å². The van der Waals surface area contributed by atoms with Gasteiger partial charge in [-0.2, -0.15) is 4.98 Å². The summed E-state index contributed by atoms with van der Waals surface area (Å²) < 4.78 is 33.1. The molecule has 0 fully saturated rings. The zero-order valence-corrected chi connectivity index (χ0v) is 26.0. The number of pyridine rings is 1. The van der Waals surface area contributed by atoms with Gasteiger partial charge in [0.25, 0.3) is 0 Å². The van der Waals surface area contributed by atoms with Crippen LogP contribution in [0.4, 0.5) is 8.78 Å². The number of halogens is 2. The third-order valence-electron chi connectivity index (χ3n) is 7.27. The first-order valence-electron chi connectivity index (χ1n) is 14.5. The minimum absolute atomic E-state index is 0.0398. The zero-order chi connectivity index (χ0) is 31.5. The summed E-state index contributed by atoms with van der Waals surface area (Å²) in [6, 6.07) is 17.1. The lowest BCUT2D eigenvalue weighted by molar-refractivity contribution is -0.132. The van der Waals surface area contributed by atoms with Gasteiger partial charge in [-0.1, -0.05) is 68.1 Å². The van der Waals surface area contributed by atoms with Gasteiger partial charge in [-0.25, -0.2) is 8.78 Å². The van der Waals surface area contributed by atoms with Crippen molar-refractivity contribution in [1.82, 2.24) is 24.3 Å². The SMILES string of the molecule is CCN(CC)CCN(Cc1ccc(-c2ccc(CF)cc2)nc1)C(=O)Cn1cc(OC)c(=O)nc1SCc1ccc(F)cc1. The number of aromatic nitrogens is 3. The van der Waals surface area contributed by atoms with Crippen LogP contribution in [0.5, 0.6) is 5.75 Å². The zero-order valence-electron chi connectivity index (χ0n) is 25.2. The van der Waals surface area contributed by atoms with Crippen molar-refractivity contribution in [2.45, 2.75) is 44.5 Å². The molecule has 8 nitrogen and oxygen atoms in total. The molecule has 44 heavy (non-hydrogen) atoms. The maximum Gasteiger partial charge on any atom is 0.315 e. The number of carbonyl (C=O) groups excluding carboxylic acids is 1. The Morgan fingerprint density at radius 3 is 2.25 bits per heavy atom. The van der Waals surface area contributed by atoms with Gasteiger partial charge in [0.15, 0.2) is 5.16 Å². The molecule has 0 atom stereocenters. The van der Waals surface area contributed by atoms with E-state index in [1.165, 1.54) is 37.2 Å². The third kappa shape index (κ3) is 8.96. The van der Waals surface area contributed by atoms with Crippen molar-refractivity contribution in [2.24, 2.45) is 0 Å². The van der Waals surface area contributed by atoms with E-state index in [4.69, 9.17) is 4.74 Å². The first-order valence-corrected chi connectivity index (χ1v) is 15.4. The lowest BCUT2D eigenvalue weighted by Gasteiger charge is -2.27. The van der Waals surface area contributed by atoms with Crippen LogP contribution >= 0.6 is 11.8 Å². The minimum Gasteiger partial charge on any atom is -0.490 e. The second-order valence-electron chi connectivity index (χ2n) is 10.2. The van der Waals surface area contributed by atoms with Crippen LogP contribution in [0.1, 0.15) is 30.5 Å². The monoisotopic (exact) mass is 621 g/mol. The van der Waals surface area contributed by atoms with E-state index in [0.717, 1.165) is 35.5 Å². The van der Waals surface area contributed by atoms with E-state index in [-0.39, 0.29) is 24.0 Å². The van der Waals surface area contributed by atoms with Crippen molar-refractivity contribution in [3.8, 4) is 17.0 Å². The van der Waals surface area contributed by atoms with Gasteiger partial charge in [0.2, 0.25) is 11.7 Å². The molecule has 2 heterocycles. The Morgan fingerprint density at radius 1 is 0.955 bits per heavy atom. The van der Waals surface area contributed by atoms with E-state index in [9.17, 15) is 18.4 Å². The van der Waals surface area contributed by atoms with Crippen LogP contribution in [0.15, 0.2) is 83.0 Å². The minimum atomic E-state index is -0.526. The quantitative estimate of drug-likeness (QED) is 0.127. The number of hydrogen-bond donors (Lipinski definition) is 0. The van der Waals surface area contributed by atoms with Gasteiger partial charge in [-0.05, 0) is 48.0 Å². The molecule has 4 rings (SSSR count). The number of thioether (sulfide) groups is 1. The molecule has 2 aromatic heterocycles. The second kappa shape index (κ2) is 16.1. The second-order valence-corrected chi connectivity index (χ2v) is 11.1. The maximum atomic E-state index is 13.8. The molecule has 4 aromatic rings. The highest BCUT2D eigenvalue weighted by Crippen LogP contribution is 2.23. The van der Waals surface area contributed by atoms with Crippen LogP contribution in [-0.2, 0) is 30.3 Å². The Kier molecular flexibility index (Phi) is 12.0. The summed E-state index contributed by atoms with van der Waals surface area (Å²) in [6.07, 6.45) is 3.26. The molecule has 0 aliphatic rings. The van der Waals surface area contributed by atoms with Crippen LogP contribution < -0.4 is 10.3 Å². The van der Waals surface area contributed by atoms with Gasteiger partial charge >= 0.3 is 5.56 Å². The lowest BCUT2D eigenvalue weighted by Crippen LogP contribution is -2.40. The number of rotatable bonds is 15. The molecule has 0 aliphatic carbocycles. The molecular formula is C33H37F2N5O3S. The molecule has 0 unspecified atom stereocenters. The summed E-state index contributed by atoms with van der Waals surface area (Å²) in [5.41, 5.74) is 3.45. The van der Waals surface area contributed by atoms with Crippen molar-refractivity contribution in [1.29, 1.82) is 0 Å². The molecule has 0 bridgehead atoms. The van der Waals surface area contributed by atoms with Gasteiger partial charge in [0.05, 0.1) is 19.0 Å². The standard InChI is InChI=1S/C33H37F2N5O3S/c1-4-38(5-2)16-17-39(20-26-10-15-29(36-19-26)27-11-6-24(18-34)7-12-27)31(41)22-40-21-30(43-3)32(42)37-33(40)44-23-25-8-13-28(35)14-9-25/h6-15,19,21H,4-5,16-18,20,22-23H2,1-3H3. The van der Waals surface area contributed by atoms with Crippen molar-refractivity contribution in [2.75, 3.05) is 33.3 Å². The molecule has 0 saturated heterocycles. The highest BCUT2D eigenvalue weighted by molar-refractivity contribution is 7.98. The van der Waals surface area contributed by atoms with Crippen molar-refractivity contribution >= 4 is 17.7 Å². The molecule has 2 aromatic carbocycles. The molecule has 0 spiro atoms. The van der Waals surface area contributed by atoms with E-state index in [1.807, 2.05) is 24.3 Å². The number of nitrogens with zero attached hydrogens (tertiary/aromatic N) is 5. The van der Waals surface area contributed by atoms with E-state index in [2.05, 4.69) is 28.7 Å². The number of alkyl halides is 1. The van der Waals surface area contributed by atoms with Crippen LogP contribution in [0, 0.1) is 5.82 Å². The first kappa shape index (κ1) is 32.8. The molecule has 0 aliphatic heterocycles. The van der Waals surface area contributed by atoms with Crippen molar-refractivity contribution in [3.63, 3.8) is 0 Å². The number of hydrogen-bond acceptors (Lipinski definition) is 7. The topological polar surface area (TPSA) is 80.6 Å². The number of likely N-dealkylation sites (N-methyl/N-ethyl adjacent to an activating group) is 1. The highest BCUT2D eigenvalue weighted by Gasteiger charge is 2.19. The summed E-state index contributed by atoms with van der Waals surface area (Å²) in [7, 11) is 1.39. The smallest absolute Gasteiger partial charge is 0.315 e. The Bertz CT molecular complexity index is 1560. The normalized spacial score (nSPS) is 11.1. The van der Waals surface area contributed by atoms with Gasteiger partial charge < -0.3 is 19.1 Å². The lowest BCUT2D eigenvalue weighted by atomic mass is 10.1.